The van der Waals surface area contributed by atoms with E-state index in [0.29, 0.717) is 5.75 Å². The van der Waals surface area contributed by atoms with Crippen molar-refractivity contribution in [3.8, 4) is 5.75 Å². The fourth-order valence-corrected chi connectivity index (χ4v) is 2.31. The van der Waals surface area contributed by atoms with Gasteiger partial charge in [0, 0.05) is 12.7 Å². The third kappa shape index (κ3) is 3.99. The average molecular weight is 308 g/mol. The lowest BCUT2D eigenvalue weighted by Gasteiger charge is -2.02. The van der Waals surface area contributed by atoms with Gasteiger partial charge in [-0.3, -0.25) is 4.79 Å². The number of carbonyl (C=O) groups excluding carboxylic acids is 1. The molecule has 0 saturated heterocycles. The van der Waals surface area contributed by atoms with Crippen LogP contribution >= 0.6 is 30.1 Å². The third-order valence-electron chi connectivity index (χ3n) is 1.38. The SMILES string of the molecule is CC(=O)Oc1cccc(CSI)c1. The molecule has 0 bridgehead atoms. The van der Waals surface area contributed by atoms with Crippen LogP contribution in [0.4, 0.5) is 0 Å². The smallest absolute Gasteiger partial charge is 0.308 e. The molecule has 70 valence electrons. The molecular formula is C9H9IO2S. The molecule has 0 aliphatic heterocycles. The van der Waals surface area contributed by atoms with E-state index in [9.17, 15) is 4.79 Å². The minimum atomic E-state index is -0.278. The highest BCUT2D eigenvalue weighted by molar-refractivity contribution is 14.2. The summed E-state index contributed by atoms with van der Waals surface area (Å²) in [6.07, 6.45) is 0. The summed E-state index contributed by atoms with van der Waals surface area (Å²) >= 11 is 2.24. The molecule has 0 fully saturated rings. The van der Waals surface area contributed by atoms with Gasteiger partial charge in [0.15, 0.2) is 0 Å². The Morgan fingerprint density at radius 1 is 1.62 bits per heavy atom. The van der Waals surface area contributed by atoms with Crippen LogP contribution in [0, 0.1) is 0 Å². The van der Waals surface area contributed by atoms with Gasteiger partial charge in [0.05, 0.1) is 0 Å². The van der Waals surface area contributed by atoms with Gasteiger partial charge in [0.2, 0.25) is 0 Å². The van der Waals surface area contributed by atoms with E-state index in [-0.39, 0.29) is 5.97 Å². The monoisotopic (exact) mass is 308 g/mol. The zero-order valence-corrected chi connectivity index (χ0v) is 10.1. The van der Waals surface area contributed by atoms with Gasteiger partial charge in [-0.1, -0.05) is 21.1 Å². The number of hydrogen-bond donors (Lipinski definition) is 0. The summed E-state index contributed by atoms with van der Waals surface area (Å²) < 4.78 is 4.95. The molecular weight excluding hydrogens is 299 g/mol. The molecule has 0 amide bonds. The topological polar surface area (TPSA) is 26.3 Å². The summed E-state index contributed by atoms with van der Waals surface area (Å²) in [6, 6.07) is 7.56. The van der Waals surface area contributed by atoms with Gasteiger partial charge < -0.3 is 4.74 Å². The molecule has 0 radical (unpaired) electrons. The molecule has 1 rings (SSSR count). The maximum Gasteiger partial charge on any atom is 0.308 e. The Morgan fingerprint density at radius 3 is 3.00 bits per heavy atom. The Morgan fingerprint density at radius 2 is 2.38 bits per heavy atom. The van der Waals surface area contributed by atoms with Crippen molar-refractivity contribution in [2.24, 2.45) is 0 Å². The Balaban J connectivity index is 2.73. The van der Waals surface area contributed by atoms with Crippen molar-refractivity contribution < 1.29 is 9.53 Å². The predicted octanol–water partition coefficient (Wildman–Crippen LogP) is 3.20. The first-order valence-corrected chi connectivity index (χ1v) is 7.26. The van der Waals surface area contributed by atoms with Gasteiger partial charge in [0.1, 0.15) is 5.75 Å². The van der Waals surface area contributed by atoms with E-state index in [0.717, 1.165) is 11.3 Å². The second-order valence-electron chi connectivity index (χ2n) is 2.49. The van der Waals surface area contributed by atoms with Crippen molar-refractivity contribution in [3.05, 3.63) is 29.8 Å². The second-order valence-corrected chi connectivity index (χ2v) is 4.87. The van der Waals surface area contributed by atoms with Crippen LogP contribution in [0.5, 0.6) is 5.75 Å². The van der Waals surface area contributed by atoms with E-state index in [2.05, 4.69) is 21.2 Å². The van der Waals surface area contributed by atoms with Crippen LogP contribution < -0.4 is 4.74 Å². The normalized spacial score (nSPS) is 9.69. The van der Waals surface area contributed by atoms with Crippen LogP contribution in [-0.4, -0.2) is 5.97 Å². The second kappa shape index (κ2) is 5.49. The van der Waals surface area contributed by atoms with Gasteiger partial charge >= 0.3 is 5.97 Å². The van der Waals surface area contributed by atoms with E-state index in [1.807, 2.05) is 18.2 Å². The summed E-state index contributed by atoms with van der Waals surface area (Å²) in [5.41, 5.74) is 1.16. The van der Waals surface area contributed by atoms with Crippen LogP contribution in [0.2, 0.25) is 0 Å². The minimum absolute atomic E-state index is 0.278. The summed E-state index contributed by atoms with van der Waals surface area (Å²) in [7, 11) is 1.71. The lowest BCUT2D eigenvalue weighted by Crippen LogP contribution is -2.01. The van der Waals surface area contributed by atoms with E-state index in [1.165, 1.54) is 6.92 Å². The molecule has 2 nitrogen and oxygen atoms in total. The van der Waals surface area contributed by atoms with E-state index in [1.54, 1.807) is 15.0 Å². The van der Waals surface area contributed by atoms with Crippen LogP contribution in [0.1, 0.15) is 12.5 Å². The average Bonchev–Trinajstić information content (AvgIpc) is 2.04. The zero-order chi connectivity index (χ0) is 9.68. The van der Waals surface area contributed by atoms with Gasteiger partial charge in [0.25, 0.3) is 0 Å². The highest BCUT2D eigenvalue weighted by Gasteiger charge is 1.98. The number of esters is 1. The Kier molecular flexibility index (Phi) is 4.58. The minimum Gasteiger partial charge on any atom is -0.427 e. The van der Waals surface area contributed by atoms with Crippen molar-refractivity contribution in [1.29, 1.82) is 0 Å². The molecule has 0 N–H and O–H groups in total. The molecule has 0 saturated carbocycles. The Hall–Kier alpha value is -0.230. The number of halogens is 1. The van der Waals surface area contributed by atoms with Gasteiger partial charge in [-0.05, 0) is 38.9 Å². The molecule has 0 unspecified atom stereocenters. The summed E-state index contributed by atoms with van der Waals surface area (Å²) in [5, 5.41) is 0. The fraction of sp³-hybridized carbons (Fsp3) is 0.222. The molecule has 13 heavy (non-hydrogen) atoms. The maximum atomic E-state index is 10.7. The lowest BCUT2D eigenvalue weighted by atomic mass is 10.2. The number of carbonyl (C=O) groups is 1. The van der Waals surface area contributed by atoms with Crippen molar-refractivity contribution in [2.75, 3.05) is 0 Å². The molecule has 0 heterocycles. The van der Waals surface area contributed by atoms with Crippen LogP contribution in [0.3, 0.4) is 0 Å². The Labute approximate surface area is 93.6 Å². The first-order valence-electron chi connectivity index (χ1n) is 3.73. The molecule has 4 heteroatoms. The van der Waals surface area contributed by atoms with Gasteiger partial charge in [-0.25, -0.2) is 0 Å². The van der Waals surface area contributed by atoms with E-state index >= 15 is 0 Å². The van der Waals surface area contributed by atoms with Gasteiger partial charge in [-0.15, -0.1) is 0 Å². The highest BCUT2D eigenvalue weighted by atomic mass is 127. The molecule has 0 atom stereocenters. The maximum absolute atomic E-state index is 10.7. The van der Waals surface area contributed by atoms with E-state index in [4.69, 9.17) is 4.74 Å². The first-order chi connectivity index (χ1) is 6.22. The molecule has 1 aromatic carbocycles. The number of benzene rings is 1. The molecule has 0 aliphatic carbocycles. The summed E-state index contributed by atoms with van der Waals surface area (Å²) in [5.74, 6) is 1.27. The zero-order valence-electron chi connectivity index (χ0n) is 7.12. The van der Waals surface area contributed by atoms with Crippen molar-refractivity contribution in [2.45, 2.75) is 12.7 Å². The molecule has 0 aliphatic rings. The summed E-state index contributed by atoms with van der Waals surface area (Å²) in [4.78, 5) is 10.7. The number of hydrogen-bond acceptors (Lipinski definition) is 3. The van der Waals surface area contributed by atoms with Crippen molar-refractivity contribution >= 4 is 36.1 Å². The highest BCUT2D eigenvalue weighted by Crippen LogP contribution is 2.21. The fourth-order valence-electron chi connectivity index (χ4n) is 0.928. The van der Waals surface area contributed by atoms with Gasteiger partial charge in [-0.2, -0.15) is 0 Å². The predicted molar refractivity (Wildman–Crippen MR) is 63.1 cm³/mol. The molecule has 0 spiro atoms. The van der Waals surface area contributed by atoms with Crippen LogP contribution in [0.15, 0.2) is 24.3 Å². The standard InChI is InChI=1S/C9H9IO2S/c1-7(11)12-9-4-2-3-8(5-9)6-13-10/h2-5H,6H2,1H3. The van der Waals surface area contributed by atoms with Crippen molar-refractivity contribution in [1.82, 2.24) is 0 Å². The third-order valence-corrected chi connectivity index (χ3v) is 2.76. The lowest BCUT2D eigenvalue weighted by molar-refractivity contribution is -0.131. The number of ether oxygens (including phenoxy) is 1. The largest absolute Gasteiger partial charge is 0.427 e. The summed E-state index contributed by atoms with van der Waals surface area (Å²) in [6.45, 7) is 1.40. The molecule has 0 aromatic heterocycles. The van der Waals surface area contributed by atoms with Crippen molar-refractivity contribution in [3.63, 3.8) is 0 Å². The molecule has 1 aromatic rings. The van der Waals surface area contributed by atoms with Crippen LogP contribution in [0.25, 0.3) is 0 Å². The number of rotatable bonds is 3. The van der Waals surface area contributed by atoms with E-state index < -0.39 is 0 Å². The Bertz CT molecular complexity index is 301. The first kappa shape index (κ1) is 10.8. The quantitative estimate of drug-likeness (QED) is 0.487. The van der Waals surface area contributed by atoms with Crippen LogP contribution in [-0.2, 0) is 10.5 Å².